The van der Waals surface area contributed by atoms with Gasteiger partial charge in [0.05, 0.1) is 18.8 Å². The van der Waals surface area contributed by atoms with Gasteiger partial charge in [-0.3, -0.25) is 4.57 Å². The molecule has 19 heavy (non-hydrogen) atoms. The second kappa shape index (κ2) is 4.72. The number of ether oxygens (including phenoxy) is 1. The predicted octanol–water partition coefficient (Wildman–Crippen LogP) is 3.74. The molecule has 3 rings (SSSR count). The van der Waals surface area contributed by atoms with Gasteiger partial charge in [0.1, 0.15) is 10.8 Å². The molecule has 0 unspecified atom stereocenters. The molecule has 0 saturated heterocycles. The van der Waals surface area contributed by atoms with Crippen molar-refractivity contribution in [2.45, 2.75) is 0 Å². The van der Waals surface area contributed by atoms with E-state index in [4.69, 9.17) is 27.9 Å². The highest BCUT2D eigenvalue weighted by Crippen LogP contribution is 2.30. The molecule has 2 aromatic heterocycles. The minimum atomic E-state index is 0.157. The number of hydrogen-bond acceptors (Lipinski definition) is 3. The predicted molar refractivity (Wildman–Crippen MR) is 75.4 cm³/mol. The first-order valence-corrected chi connectivity index (χ1v) is 6.29. The summed E-state index contributed by atoms with van der Waals surface area (Å²) in [4.78, 5) is 8.01. The first-order chi connectivity index (χ1) is 9.20. The van der Waals surface area contributed by atoms with Gasteiger partial charge in [-0.15, -0.1) is 0 Å². The Kier molecular flexibility index (Phi) is 3.05. The van der Waals surface area contributed by atoms with Crippen molar-refractivity contribution in [3.05, 3.63) is 47.0 Å². The van der Waals surface area contributed by atoms with Crippen molar-refractivity contribution in [3.63, 3.8) is 0 Å². The van der Waals surface area contributed by atoms with Gasteiger partial charge < -0.3 is 4.74 Å². The summed E-state index contributed by atoms with van der Waals surface area (Å²) < 4.78 is 7.18. The van der Waals surface area contributed by atoms with E-state index in [2.05, 4.69) is 9.97 Å². The van der Waals surface area contributed by atoms with Crippen LogP contribution in [0.1, 0.15) is 0 Å². The maximum absolute atomic E-state index is 6.13. The third-order valence-electron chi connectivity index (χ3n) is 2.84. The second-order valence-electron chi connectivity index (χ2n) is 3.89. The van der Waals surface area contributed by atoms with Crippen LogP contribution in [0.5, 0.6) is 5.75 Å². The maximum atomic E-state index is 6.13. The van der Waals surface area contributed by atoms with Crippen LogP contribution in [0, 0.1) is 0 Å². The van der Waals surface area contributed by atoms with Crippen LogP contribution < -0.4 is 4.74 Å². The van der Waals surface area contributed by atoms with Gasteiger partial charge in [0.15, 0.2) is 5.82 Å². The van der Waals surface area contributed by atoms with E-state index in [0.29, 0.717) is 10.8 Å². The summed E-state index contributed by atoms with van der Waals surface area (Å²) in [6.07, 6.45) is 3.36. The molecular formula is C13H9Cl2N3O. The second-order valence-corrected chi connectivity index (χ2v) is 4.63. The normalized spacial score (nSPS) is 10.9. The summed E-state index contributed by atoms with van der Waals surface area (Å²) in [5.74, 6) is 1.34. The number of rotatable bonds is 2. The first kappa shape index (κ1) is 12.3. The van der Waals surface area contributed by atoms with E-state index < -0.39 is 0 Å². The highest BCUT2D eigenvalue weighted by molar-refractivity contribution is 6.33. The molecule has 0 aliphatic heterocycles. The van der Waals surface area contributed by atoms with Gasteiger partial charge in [0.25, 0.3) is 0 Å². The minimum Gasteiger partial charge on any atom is -0.496 e. The molecule has 0 aliphatic rings. The van der Waals surface area contributed by atoms with E-state index in [-0.39, 0.29) is 5.28 Å². The van der Waals surface area contributed by atoms with E-state index in [0.717, 1.165) is 16.7 Å². The molecule has 1 aromatic carbocycles. The van der Waals surface area contributed by atoms with E-state index in [1.165, 1.54) is 6.20 Å². The summed E-state index contributed by atoms with van der Waals surface area (Å²) in [6.45, 7) is 0. The van der Waals surface area contributed by atoms with Crippen molar-refractivity contribution >= 4 is 34.1 Å². The van der Waals surface area contributed by atoms with Crippen LogP contribution in [0.25, 0.3) is 16.7 Å². The lowest BCUT2D eigenvalue weighted by Gasteiger charge is -2.07. The molecule has 96 valence electrons. The average molecular weight is 294 g/mol. The zero-order chi connectivity index (χ0) is 13.4. The van der Waals surface area contributed by atoms with Gasteiger partial charge in [0, 0.05) is 11.6 Å². The number of methoxy groups -OCH3 is 1. The third kappa shape index (κ3) is 2.03. The largest absolute Gasteiger partial charge is 0.496 e. The quantitative estimate of drug-likeness (QED) is 0.676. The van der Waals surface area contributed by atoms with E-state index in [1.54, 1.807) is 7.11 Å². The number of aromatic nitrogens is 3. The smallest absolute Gasteiger partial charge is 0.224 e. The molecule has 0 spiro atoms. The summed E-state index contributed by atoms with van der Waals surface area (Å²) >= 11 is 12.0. The van der Waals surface area contributed by atoms with E-state index in [1.807, 2.05) is 35.0 Å². The van der Waals surface area contributed by atoms with Crippen LogP contribution in [0.15, 0.2) is 36.7 Å². The summed E-state index contributed by atoms with van der Waals surface area (Å²) in [5.41, 5.74) is 0.941. The highest BCUT2D eigenvalue weighted by Gasteiger charge is 2.11. The van der Waals surface area contributed by atoms with Crippen molar-refractivity contribution < 1.29 is 4.74 Å². The number of fused-ring (bicyclic) bond motifs is 1. The van der Waals surface area contributed by atoms with Crippen LogP contribution in [0.3, 0.4) is 0 Å². The molecule has 0 fully saturated rings. The van der Waals surface area contributed by atoms with Gasteiger partial charge >= 0.3 is 0 Å². The molecular weight excluding hydrogens is 285 g/mol. The monoisotopic (exact) mass is 293 g/mol. The Balaban J connectivity index is 2.29. The van der Waals surface area contributed by atoms with Crippen molar-refractivity contribution in [2.24, 2.45) is 0 Å². The molecule has 0 amide bonds. The fourth-order valence-corrected chi connectivity index (χ4v) is 2.32. The average Bonchev–Trinajstić information content (AvgIpc) is 2.85. The van der Waals surface area contributed by atoms with Crippen molar-refractivity contribution in [1.29, 1.82) is 0 Å². The molecule has 3 aromatic rings. The standard InChI is InChI=1S/C13H9Cl2N3O/c1-19-11-4-2-3-10-8(11)5-6-18(10)12-9(14)7-16-13(15)17-12/h2-7H,1H3. The van der Waals surface area contributed by atoms with Crippen LogP contribution >= 0.6 is 23.2 Å². The molecule has 2 heterocycles. The molecule has 0 aliphatic carbocycles. The van der Waals surface area contributed by atoms with Crippen LogP contribution in [0.2, 0.25) is 10.3 Å². The van der Waals surface area contributed by atoms with Gasteiger partial charge in [-0.2, -0.15) is 4.98 Å². The number of nitrogens with zero attached hydrogens (tertiary/aromatic N) is 3. The maximum Gasteiger partial charge on any atom is 0.224 e. The van der Waals surface area contributed by atoms with Gasteiger partial charge in [-0.05, 0) is 29.8 Å². The molecule has 0 radical (unpaired) electrons. The van der Waals surface area contributed by atoms with Crippen molar-refractivity contribution in [2.75, 3.05) is 7.11 Å². The number of hydrogen-bond donors (Lipinski definition) is 0. The van der Waals surface area contributed by atoms with Crippen LogP contribution in [-0.2, 0) is 0 Å². The molecule has 0 N–H and O–H groups in total. The SMILES string of the molecule is COc1cccc2c1ccn2-c1nc(Cl)ncc1Cl. The van der Waals surface area contributed by atoms with E-state index in [9.17, 15) is 0 Å². The Bertz CT molecular complexity index is 755. The highest BCUT2D eigenvalue weighted by atomic mass is 35.5. The van der Waals surface area contributed by atoms with Crippen molar-refractivity contribution in [1.82, 2.24) is 14.5 Å². The Morgan fingerprint density at radius 1 is 1.21 bits per heavy atom. The van der Waals surface area contributed by atoms with E-state index >= 15 is 0 Å². The molecule has 0 bridgehead atoms. The molecule has 4 nitrogen and oxygen atoms in total. The number of benzene rings is 1. The lowest BCUT2D eigenvalue weighted by Crippen LogP contribution is -1.98. The molecule has 0 atom stereocenters. The lowest BCUT2D eigenvalue weighted by atomic mass is 10.2. The molecule has 0 saturated carbocycles. The Morgan fingerprint density at radius 2 is 2.05 bits per heavy atom. The zero-order valence-corrected chi connectivity index (χ0v) is 11.5. The van der Waals surface area contributed by atoms with Gasteiger partial charge in [-0.1, -0.05) is 17.7 Å². The molecule has 6 heteroatoms. The zero-order valence-electron chi connectivity index (χ0n) is 9.97. The summed E-state index contributed by atoms with van der Waals surface area (Å²) in [5, 5.41) is 1.57. The third-order valence-corrected chi connectivity index (χ3v) is 3.29. The van der Waals surface area contributed by atoms with Gasteiger partial charge in [-0.25, -0.2) is 4.98 Å². The van der Waals surface area contributed by atoms with Crippen molar-refractivity contribution in [3.8, 4) is 11.6 Å². The minimum absolute atomic E-state index is 0.157. The Hall–Kier alpha value is -1.78. The Morgan fingerprint density at radius 3 is 2.84 bits per heavy atom. The Labute approximate surface area is 119 Å². The topological polar surface area (TPSA) is 39.9 Å². The summed E-state index contributed by atoms with van der Waals surface area (Å²) in [7, 11) is 1.64. The van der Waals surface area contributed by atoms with Gasteiger partial charge in [0.2, 0.25) is 5.28 Å². The fourth-order valence-electron chi connectivity index (χ4n) is 2.01. The number of halogens is 2. The first-order valence-electron chi connectivity index (χ1n) is 5.53. The van der Waals surface area contributed by atoms with Crippen LogP contribution in [0.4, 0.5) is 0 Å². The fraction of sp³-hybridized carbons (Fsp3) is 0.0769. The summed E-state index contributed by atoms with van der Waals surface area (Å²) in [6, 6.07) is 7.72. The lowest BCUT2D eigenvalue weighted by molar-refractivity contribution is 0.420. The van der Waals surface area contributed by atoms with Crippen LogP contribution in [-0.4, -0.2) is 21.6 Å².